The molecule has 0 aromatic carbocycles. The maximum Gasteiger partial charge on any atom is 0.234 e. The molecule has 1 amide bonds. The van der Waals surface area contributed by atoms with E-state index < -0.39 is 0 Å². The van der Waals surface area contributed by atoms with Gasteiger partial charge in [-0.05, 0) is 32.4 Å². The molecular weight excluding hydrogens is 1600 g/mol. The number of nitrogens with one attached hydrogen (secondary N) is 1. The average Bonchev–Trinajstić information content (AvgIpc) is 0.940. The van der Waals surface area contributed by atoms with Crippen molar-refractivity contribution in [2.75, 3.05) is 502 Å². The second kappa shape index (κ2) is 110. The molecule has 0 saturated carbocycles. The fraction of sp³-hybridized carbons (Fsp3) is 0.988. The first-order valence-corrected chi connectivity index (χ1v) is 44.1. The highest BCUT2D eigenvalue weighted by Gasteiger charge is 2.14. The summed E-state index contributed by atoms with van der Waals surface area (Å²) < 4.78 is 199. The van der Waals surface area contributed by atoms with E-state index in [2.05, 4.69) is 17.1 Å². The van der Waals surface area contributed by atoms with Crippen molar-refractivity contribution in [1.82, 2.24) is 10.2 Å². The maximum absolute atomic E-state index is 12.0. The van der Waals surface area contributed by atoms with Crippen molar-refractivity contribution >= 4 is 5.91 Å². The van der Waals surface area contributed by atoms with Crippen LogP contribution in [0.4, 0.5) is 0 Å². The zero-order valence-corrected chi connectivity index (χ0v) is 74.1. The minimum absolute atomic E-state index is 0.0579. The molecule has 39 heteroatoms. The molecule has 1 aliphatic heterocycles. The van der Waals surface area contributed by atoms with Crippen LogP contribution in [0.25, 0.3) is 0 Å². The van der Waals surface area contributed by atoms with Gasteiger partial charge in [-0.2, -0.15) is 0 Å². The second-order valence-electron chi connectivity index (χ2n) is 25.7. The number of ether oxygens (including phenoxy) is 36. The number of rotatable bonds is 112. The molecule has 0 aromatic heterocycles. The van der Waals surface area contributed by atoms with Gasteiger partial charge in [-0.25, -0.2) is 0 Å². The van der Waals surface area contributed by atoms with Gasteiger partial charge < -0.3 is 176 Å². The summed E-state index contributed by atoms with van der Waals surface area (Å²) in [5.74, 6) is 0.0579. The molecule has 1 rings (SSSR count). The number of piperidine rings is 1. The Morgan fingerprint density at radius 3 is 0.388 bits per heavy atom. The van der Waals surface area contributed by atoms with Gasteiger partial charge in [0.1, 0.15) is 0 Å². The highest BCUT2D eigenvalue weighted by molar-refractivity contribution is 5.78. The third kappa shape index (κ3) is 107. The standard InChI is InChI=1S/C82H164N2O37/c1-2-9-86-11-13-88-15-17-90-19-21-92-23-25-94-27-29-96-31-33-98-35-37-100-39-41-102-43-45-104-47-49-106-51-53-108-55-57-110-59-61-112-63-65-114-67-69-116-71-73-118-75-77-120-79-80-121-78-76-119-74-72-117-70-68-115-66-64-113-62-60-111-58-56-109-54-52-107-50-48-105-46-44-103-42-40-101-38-36-99-34-32-97-30-28-95-26-24-93-22-20-91-18-16-89-14-12-87-10-6-83-82(85)81-84-7-4-3-5-8-84/h2-81H2,1H3,(H,83,85). The number of carbonyl (C=O) groups excluding carboxylic acids is 1. The van der Waals surface area contributed by atoms with E-state index >= 15 is 0 Å². The molecule has 0 aliphatic carbocycles. The van der Waals surface area contributed by atoms with Crippen LogP contribution in [0.15, 0.2) is 0 Å². The van der Waals surface area contributed by atoms with Crippen molar-refractivity contribution in [1.29, 1.82) is 0 Å². The van der Waals surface area contributed by atoms with Gasteiger partial charge in [-0.15, -0.1) is 0 Å². The van der Waals surface area contributed by atoms with Crippen LogP contribution < -0.4 is 5.32 Å². The monoisotopic (exact) mass is 1770 g/mol. The quantitative estimate of drug-likeness (QED) is 0.0845. The average molecular weight is 1770 g/mol. The number of carbonyl (C=O) groups is 1. The molecule has 1 heterocycles. The summed E-state index contributed by atoms with van der Waals surface area (Å²) in [7, 11) is 0. The van der Waals surface area contributed by atoms with E-state index in [9.17, 15) is 4.79 Å². The fourth-order valence-corrected chi connectivity index (χ4v) is 9.58. The Labute approximate surface area is 723 Å². The van der Waals surface area contributed by atoms with Crippen molar-refractivity contribution < 1.29 is 175 Å². The summed E-state index contributed by atoms with van der Waals surface area (Å²) in [5.41, 5.74) is 0. The first-order chi connectivity index (χ1) is 60.3. The topological polar surface area (TPSA) is 365 Å². The van der Waals surface area contributed by atoms with Gasteiger partial charge in [0.25, 0.3) is 0 Å². The highest BCUT2D eigenvalue weighted by atomic mass is 16.6. The van der Waals surface area contributed by atoms with E-state index in [1.165, 1.54) is 19.3 Å². The van der Waals surface area contributed by atoms with Crippen LogP contribution in [-0.4, -0.2) is 513 Å². The van der Waals surface area contributed by atoms with Gasteiger partial charge in [0.05, 0.1) is 476 Å². The molecule has 724 valence electrons. The smallest absolute Gasteiger partial charge is 0.234 e. The Bertz CT molecular complexity index is 1830. The van der Waals surface area contributed by atoms with Gasteiger partial charge in [-0.3, -0.25) is 9.69 Å². The van der Waals surface area contributed by atoms with Gasteiger partial charge in [-0.1, -0.05) is 13.3 Å². The van der Waals surface area contributed by atoms with E-state index in [1.807, 2.05) is 0 Å². The van der Waals surface area contributed by atoms with E-state index in [0.29, 0.717) is 482 Å². The van der Waals surface area contributed by atoms with Crippen molar-refractivity contribution in [2.45, 2.75) is 32.6 Å². The molecule has 1 fully saturated rings. The molecule has 0 bridgehead atoms. The highest BCUT2D eigenvalue weighted by Crippen LogP contribution is 2.08. The first kappa shape index (κ1) is 117. The minimum atomic E-state index is 0.0579. The van der Waals surface area contributed by atoms with Crippen LogP contribution in [-0.2, 0) is 175 Å². The zero-order chi connectivity index (χ0) is 85.9. The molecule has 1 aliphatic rings. The Morgan fingerprint density at radius 1 is 0.165 bits per heavy atom. The van der Waals surface area contributed by atoms with Gasteiger partial charge in [0, 0.05) is 13.2 Å². The summed E-state index contributed by atoms with van der Waals surface area (Å²) in [4.78, 5) is 14.2. The minimum Gasteiger partial charge on any atom is -0.379 e. The molecule has 1 N–H and O–H groups in total. The number of likely N-dealkylation sites (tertiary alicyclic amines) is 1. The zero-order valence-electron chi connectivity index (χ0n) is 74.1. The molecule has 1 saturated heterocycles. The van der Waals surface area contributed by atoms with Crippen LogP contribution in [0.2, 0.25) is 0 Å². The van der Waals surface area contributed by atoms with Crippen molar-refractivity contribution in [3.63, 3.8) is 0 Å². The van der Waals surface area contributed by atoms with Crippen LogP contribution >= 0.6 is 0 Å². The van der Waals surface area contributed by atoms with Crippen LogP contribution in [0, 0.1) is 0 Å². The molecular formula is C82H164N2O37. The summed E-state index contributed by atoms with van der Waals surface area (Å²) in [6.07, 6.45) is 4.62. The maximum atomic E-state index is 12.0. The lowest BCUT2D eigenvalue weighted by atomic mass is 10.1. The third-order valence-corrected chi connectivity index (χ3v) is 15.8. The molecule has 0 aromatic rings. The van der Waals surface area contributed by atoms with Crippen molar-refractivity contribution in [3.8, 4) is 0 Å². The van der Waals surface area contributed by atoms with Crippen LogP contribution in [0.1, 0.15) is 32.6 Å². The predicted molar refractivity (Wildman–Crippen MR) is 443 cm³/mol. The van der Waals surface area contributed by atoms with Crippen LogP contribution in [0.5, 0.6) is 0 Å². The molecule has 0 radical (unpaired) electrons. The first-order valence-electron chi connectivity index (χ1n) is 44.1. The lowest BCUT2D eigenvalue weighted by Gasteiger charge is -2.25. The van der Waals surface area contributed by atoms with Crippen LogP contribution in [0.3, 0.4) is 0 Å². The molecule has 0 unspecified atom stereocenters. The lowest BCUT2D eigenvalue weighted by Crippen LogP contribution is -2.40. The Hall–Kier alpha value is -2.01. The number of nitrogens with zero attached hydrogens (tertiary/aromatic N) is 1. The van der Waals surface area contributed by atoms with E-state index in [0.717, 1.165) is 26.1 Å². The lowest BCUT2D eigenvalue weighted by molar-refractivity contribution is -0.122. The second-order valence-corrected chi connectivity index (χ2v) is 25.7. The van der Waals surface area contributed by atoms with Gasteiger partial charge >= 0.3 is 0 Å². The third-order valence-electron chi connectivity index (χ3n) is 15.8. The van der Waals surface area contributed by atoms with E-state index in [4.69, 9.17) is 171 Å². The summed E-state index contributed by atoms with van der Waals surface area (Å²) in [6, 6.07) is 0. The van der Waals surface area contributed by atoms with Gasteiger partial charge in [0.2, 0.25) is 5.91 Å². The molecule has 0 atom stereocenters. The predicted octanol–water partition coefficient (Wildman–Crippen LogP) is 1.60. The van der Waals surface area contributed by atoms with Crippen molar-refractivity contribution in [2.24, 2.45) is 0 Å². The normalized spacial score (nSPS) is 12.7. The Kier molecular flexibility index (Phi) is 107. The summed E-state index contributed by atoms with van der Waals surface area (Å²) >= 11 is 0. The fourth-order valence-electron chi connectivity index (χ4n) is 9.58. The summed E-state index contributed by atoms with van der Waals surface area (Å²) in [6.45, 7) is 40.5. The van der Waals surface area contributed by atoms with E-state index in [1.54, 1.807) is 0 Å². The summed E-state index contributed by atoms with van der Waals surface area (Å²) in [5, 5.41) is 2.91. The Morgan fingerprint density at radius 2 is 0.273 bits per heavy atom. The number of hydrogen-bond acceptors (Lipinski definition) is 38. The number of hydrogen-bond donors (Lipinski definition) is 1. The van der Waals surface area contributed by atoms with Crippen molar-refractivity contribution in [3.05, 3.63) is 0 Å². The SMILES string of the molecule is CCCOCCOCCOCCOCCOCCOCCOCCOCCOCCOCCOCCOCCOCCOCCOCCOCCOCCOCCOCCOCCOCCOCCOCCOCCOCCOCCOCCOCCOCCOCCOCCOCCOCCOCCOCCOCCNC(=O)CN1CCCCC1. The van der Waals surface area contributed by atoms with Gasteiger partial charge in [0.15, 0.2) is 0 Å². The van der Waals surface area contributed by atoms with E-state index in [-0.39, 0.29) is 5.91 Å². The number of amides is 1. The Balaban J connectivity index is 1.58. The molecule has 121 heavy (non-hydrogen) atoms. The molecule has 39 nitrogen and oxygen atoms in total. The largest absolute Gasteiger partial charge is 0.379 e. The molecule has 0 spiro atoms.